The normalized spacial score (nSPS) is 13.8. The van der Waals surface area contributed by atoms with Gasteiger partial charge in [0, 0.05) is 6.54 Å². The number of aliphatic hydroxyl groups excluding tert-OH is 1. The van der Waals surface area contributed by atoms with Crippen molar-refractivity contribution < 1.29 is 9.90 Å². The predicted octanol–water partition coefficient (Wildman–Crippen LogP) is 2.00. The van der Waals surface area contributed by atoms with Crippen molar-refractivity contribution in [2.24, 2.45) is 0 Å². The smallest absolute Gasteiger partial charge is 0.236 e. The van der Waals surface area contributed by atoms with Crippen molar-refractivity contribution >= 4 is 5.91 Å². The number of amides is 1. The van der Waals surface area contributed by atoms with Gasteiger partial charge in [0.25, 0.3) is 0 Å². The maximum Gasteiger partial charge on any atom is 0.236 e. The van der Waals surface area contributed by atoms with Crippen LogP contribution in [0.3, 0.4) is 0 Å². The number of benzene rings is 1. The topological polar surface area (TPSA) is 61.4 Å². The SMILES string of the molecule is CCCCCNC(=O)C(C)NC(CO)c1ccccc1. The van der Waals surface area contributed by atoms with Crippen molar-refractivity contribution in [3.05, 3.63) is 35.9 Å². The Balaban J connectivity index is 2.42. The van der Waals surface area contributed by atoms with E-state index in [1.165, 1.54) is 0 Å². The first-order valence-corrected chi connectivity index (χ1v) is 7.38. The predicted molar refractivity (Wildman–Crippen MR) is 81.4 cm³/mol. The zero-order valence-electron chi connectivity index (χ0n) is 12.4. The molecule has 0 heterocycles. The van der Waals surface area contributed by atoms with Crippen LogP contribution in [0.2, 0.25) is 0 Å². The molecule has 0 aromatic heterocycles. The molecular formula is C16H26N2O2. The molecule has 2 unspecified atom stereocenters. The molecule has 3 N–H and O–H groups in total. The van der Waals surface area contributed by atoms with Gasteiger partial charge in [-0.2, -0.15) is 0 Å². The van der Waals surface area contributed by atoms with Crippen LogP contribution in [-0.2, 0) is 4.79 Å². The molecule has 0 fully saturated rings. The summed E-state index contributed by atoms with van der Waals surface area (Å²) in [6, 6.07) is 9.13. The highest BCUT2D eigenvalue weighted by Crippen LogP contribution is 2.12. The lowest BCUT2D eigenvalue weighted by Crippen LogP contribution is -2.44. The van der Waals surface area contributed by atoms with Gasteiger partial charge in [-0.05, 0) is 18.9 Å². The van der Waals surface area contributed by atoms with Crippen LogP contribution < -0.4 is 10.6 Å². The summed E-state index contributed by atoms with van der Waals surface area (Å²) in [4.78, 5) is 11.9. The first kappa shape index (κ1) is 16.7. The van der Waals surface area contributed by atoms with Crippen LogP contribution in [0.15, 0.2) is 30.3 Å². The summed E-state index contributed by atoms with van der Waals surface area (Å²) in [6.45, 7) is 4.64. The fourth-order valence-corrected chi connectivity index (χ4v) is 2.06. The van der Waals surface area contributed by atoms with E-state index in [-0.39, 0.29) is 24.6 Å². The van der Waals surface area contributed by atoms with Gasteiger partial charge in [-0.25, -0.2) is 0 Å². The zero-order chi connectivity index (χ0) is 14.8. The largest absolute Gasteiger partial charge is 0.394 e. The molecule has 0 saturated heterocycles. The molecule has 0 spiro atoms. The molecule has 2 atom stereocenters. The van der Waals surface area contributed by atoms with Gasteiger partial charge in [0.2, 0.25) is 5.91 Å². The lowest BCUT2D eigenvalue weighted by molar-refractivity contribution is -0.123. The minimum Gasteiger partial charge on any atom is -0.394 e. The van der Waals surface area contributed by atoms with E-state index in [1.807, 2.05) is 37.3 Å². The van der Waals surface area contributed by atoms with Gasteiger partial charge in [-0.1, -0.05) is 50.1 Å². The molecule has 0 radical (unpaired) electrons. The van der Waals surface area contributed by atoms with Crippen molar-refractivity contribution in [2.45, 2.75) is 45.2 Å². The summed E-state index contributed by atoms with van der Waals surface area (Å²) in [7, 11) is 0. The summed E-state index contributed by atoms with van der Waals surface area (Å²) >= 11 is 0. The maximum absolute atomic E-state index is 11.9. The van der Waals surface area contributed by atoms with E-state index in [0.29, 0.717) is 6.54 Å². The minimum absolute atomic E-state index is 0.0181. The molecule has 1 rings (SSSR count). The lowest BCUT2D eigenvalue weighted by atomic mass is 10.1. The van der Waals surface area contributed by atoms with Gasteiger partial charge >= 0.3 is 0 Å². The van der Waals surface area contributed by atoms with E-state index in [1.54, 1.807) is 0 Å². The Morgan fingerprint density at radius 3 is 2.55 bits per heavy atom. The molecular weight excluding hydrogens is 252 g/mol. The van der Waals surface area contributed by atoms with E-state index < -0.39 is 0 Å². The molecule has 0 aliphatic heterocycles. The molecule has 112 valence electrons. The molecule has 1 aromatic rings. The number of aliphatic hydroxyl groups is 1. The maximum atomic E-state index is 11.9. The third-order valence-corrected chi connectivity index (χ3v) is 3.31. The standard InChI is InChI=1S/C16H26N2O2/c1-3-4-8-11-17-16(20)13(2)18-15(12-19)14-9-6-5-7-10-14/h5-7,9-10,13,15,18-19H,3-4,8,11-12H2,1-2H3,(H,17,20). The second-order valence-corrected chi connectivity index (χ2v) is 5.03. The molecule has 20 heavy (non-hydrogen) atoms. The van der Waals surface area contributed by atoms with Crippen LogP contribution in [0.5, 0.6) is 0 Å². The van der Waals surface area contributed by atoms with Crippen LogP contribution in [0.4, 0.5) is 0 Å². The third-order valence-electron chi connectivity index (χ3n) is 3.31. The number of rotatable bonds is 9. The van der Waals surface area contributed by atoms with Crippen LogP contribution in [0, 0.1) is 0 Å². The summed E-state index contributed by atoms with van der Waals surface area (Å²) in [5.74, 6) is -0.0181. The van der Waals surface area contributed by atoms with Crippen LogP contribution in [-0.4, -0.2) is 30.2 Å². The van der Waals surface area contributed by atoms with Gasteiger partial charge in [0.05, 0.1) is 18.7 Å². The molecule has 4 nitrogen and oxygen atoms in total. The fraction of sp³-hybridized carbons (Fsp3) is 0.562. The fourth-order valence-electron chi connectivity index (χ4n) is 2.06. The molecule has 0 aliphatic rings. The molecule has 0 saturated carbocycles. The third kappa shape index (κ3) is 5.72. The Kier molecular flexibility index (Phi) is 7.92. The average Bonchev–Trinajstić information content (AvgIpc) is 2.49. The molecule has 0 aliphatic carbocycles. The van der Waals surface area contributed by atoms with E-state index in [2.05, 4.69) is 17.6 Å². The van der Waals surface area contributed by atoms with Crippen molar-refractivity contribution in [3.8, 4) is 0 Å². The van der Waals surface area contributed by atoms with E-state index in [0.717, 1.165) is 24.8 Å². The number of nitrogens with one attached hydrogen (secondary N) is 2. The highest BCUT2D eigenvalue weighted by molar-refractivity contribution is 5.81. The van der Waals surface area contributed by atoms with Gasteiger partial charge in [0.15, 0.2) is 0 Å². The van der Waals surface area contributed by atoms with Crippen molar-refractivity contribution in [1.82, 2.24) is 10.6 Å². The molecule has 1 amide bonds. The highest BCUT2D eigenvalue weighted by atomic mass is 16.3. The number of carbonyl (C=O) groups is 1. The number of hydrogen-bond acceptors (Lipinski definition) is 3. The summed E-state index contributed by atoms with van der Waals surface area (Å²) in [5, 5.41) is 15.5. The summed E-state index contributed by atoms with van der Waals surface area (Å²) in [6.07, 6.45) is 3.28. The second-order valence-electron chi connectivity index (χ2n) is 5.03. The van der Waals surface area contributed by atoms with Crippen LogP contribution >= 0.6 is 0 Å². The Bertz CT molecular complexity index is 381. The van der Waals surface area contributed by atoms with Crippen molar-refractivity contribution in [3.63, 3.8) is 0 Å². The summed E-state index contributed by atoms with van der Waals surface area (Å²) < 4.78 is 0. The number of carbonyl (C=O) groups excluding carboxylic acids is 1. The van der Waals surface area contributed by atoms with Gasteiger partial charge in [0.1, 0.15) is 0 Å². The van der Waals surface area contributed by atoms with Crippen molar-refractivity contribution in [2.75, 3.05) is 13.2 Å². The van der Waals surface area contributed by atoms with Gasteiger partial charge in [-0.3, -0.25) is 10.1 Å². The summed E-state index contributed by atoms with van der Waals surface area (Å²) in [5.41, 5.74) is 0.987. The number of unbranched alkanes of at least 4 members (excludes halogenated alkanes) is 2. The quantitative estimate of drug-likeness (QED) is 0.606. The minimum atomic E-state index is -0.325. The average molecular weight is 278 g/mol. The second kappa shape index (κ2) is 9.50. The van der Waals surface area contributed by atoms with Crippen LogP contribution in [0.1, 0.15) is 44.7 Å². The van der Waals surface area contributed by atoms with E-state index in [4.69, 9.17) is 0 Å². The van der Waals surface area contributed by atoms with Gasteiger partial charge < -0.3 is 10.4 Å². The highest BCUT2D eigenvalue weighted by Gasteiger charge is 2.18. The molecule has 0 bridgehead atoms. The van der Waals surface area contributed by atoms with E-state index >= 15 is 0 Å². The first-order valence-electron chi connectivity index (χ1n) is 7.38. The number of hydrogen-bond donors (Lipinski definition) is 3. The van der Waals surface area contributed by atoms with Crippen LogP contribution in [0.25, 0.3) is 0 Å². The Labute approximate surface area is 121 Å². The van der Waals surface area contributed by atoms with Gasteiger partial charge in [-0.15, -0.1) is 0 Å². The van der Waals surface area contributed by atoms with E-state index in [9.17, 15) is 9.90 Å². The first-order chi connectivity index (χ1) is 9.69. The Morgan fingerprint density at radius 1 is 1.25 bits per heavy atom. The Hall–Kier alpha value is -1.39. The molecule has 4 heteroatoms. The zero-order valence-corrected chi connectivity index (χ0v) is 12.4. The Morgan fingerprint density at radius 2 is 1.95 bits per heavy atom. The molecule has 1 aromatic carbocycles. The lowest BCUT2D eigenvalue weighted by Gasteiger charge is -2.21. The van der Waals surface area contributed by atoms with Crippen molar-refractivity contribution in [1.29, 1.82) is 0 Å². The monoisotopic (exact) mass is 278 g/mol.